The summed E-state index contributed by atoms with van der Waals surface area (Å²) in [5.74, 6) is 0. The minimum absolute atomic E-state index is 0.252. The van der Waals surface area contributed by atoms with Crippen molar-refractivity contribution in [2.45, 2.75) is 13.0 Å². The van der Waals surface area contributed by atoms with Gasteiger partial charge in [0.05, 0.1) is 0 Å². The van der Waals surface area contributed by atoms with E-state index in [1.54, 1.807) is 6.92 Å². The zero-order valence-electron chi connectivity index (χ0n) is 4.13. The molecule has 0 heterocycles. The van der Waals surface area contributed by atoms with Gasteiger partial charge >= 0.3 is 0 Å². The van der Waals surface area contributed by atoms with Crippen LogP contribution < -0.4 is 5.73 Å². The third kappa shape index (κ3) is 3.18. The first-order valence-corrected chi connectivity index (χ1v) is 1.99. The average molecular weight is 104 g/mol. The number of hydrogen-bond acceptors (Lipinski definition) is 4. The van der Waals surface area contributed by atoms with Gasteiger partial charge in [-0.2, -0.15) is 0 Å². The van der Waals surface area contributed by atoms with Crippen LogP contribution >= 0.6 is 0 Å². The maximum absolute atomic E-state index is 9.25. The van der Waals surface area contributed by atoms with Gasteiger partial charge in [0.15, 0.2) is 5.34 Å². The zero-order chi connectivity index (χ0) is 5.70. The Labute approximate surface area is 41.6 Å². The lowest BCUT2D eigenvalue weighted by Crippen LogP contribution is -2.17. The molecule has 0 saturated heterocycles. The van der Waals surface area contributed by atoms with Gasteiger partial charge in [0, 0.05) is 6.54 Å². The Morgan fingerprint density at radius 1 is 2.00 bits per heavy atom. The maximum Gasteiger partial charge on any atom is 0.155 e. The highest BCUT2D eigenvalue weighted by Crippen LogP contribution is 1.84. The Balaban J connectivity index is 2.98. The summed E-state index contributed by atoms with van der Waals surface area (Å²) in [6.45, 7) is 1.99. The maximum atomic E-state index is 9.25. The molecule has 7 heavy (non-hydrogen) atoms. The fraction of sp³-hybridized carbons (Fsp3) is 1.00. The predicted molar refractivity (Wildman–Crippen MR) is 25.4 cm³/mol. The van der Waals surface area contributed by atoms with E-state index in [0.29, 0.717) is 6.54 Å². The van der Waals surface area contributed by atoms with Crippen molar-refractivity contribution in [2.24, 2.45) is 11.1 Å². The molecule has 0 aliphatic rings. The van der Waals surface area contributed by atoms with Gasteiger partial charge in [0.2, 0.25) is 0 Å². The second-order valence-electron chi connectivity index (χ2n) is 1.23. The summed E-state index contributed by atoms with van der Waals surface area (Å²) < 4.78 is 0. The van der Waals surface area contributed by atoms with Gasteiger partial charge in [-0.1, -0.05) is 0 Å². The number of nitrogens with zero attached hydrogens (tertiary/aromatic N) is 1. The molecular formula is C3H8N2O2. The second kappa shape index (κ2) is 3.55. The van der Waals surface area contributed by atoms with Gasteiger partial charge in [-0.3, -0.25) is 0 Å². The molecular weight excluding hydrogens is 96.0 g/mol. The van der Waals surface area contributed by atoms with E-state index in [4.69, 9.17) is 5.73 Å². The lowest BCUT2D eigenvalue weighted by molar-refractivity contribution is 0.0747. The molecule has 1 atom stereocenters. The van der Waals surface area contributed by atoms with Gasteiger partial charge in [-0.05, 0) is 6.92 Å². The standard InChI is InChI=1S/C3H8N2O2/c1-3(2-4)7-5-6/h3H,2,4H2,1H3. The molecule has 0 spiro atoms. The zero-order valence-corrected chi connectivity index (χ0v) is 4.13. The summed E-state index contributed by atoms with van der Waals surface area (Å²) in [6, 6.07) is 0. The van der Waals surface area contributed by atoms with Crippen molar-refractivity contribution in [1.29, 1.82) is 0 Å². The van der Waals surface area contributed by atoms with E-state index >= 15 is 0 Å². The summed E-state index contributed by atoms with van der Waals surface area (Å²) in [5, 5.41) is 2.18. The van der Waals surface area contributed by atoms with Crippen LogP contribution in [0.5, 0.6) is 0 Å². The highest BCUT2D eigenvalue weighted by Gasteiger charge is 1.94. The van der Waals surface area contributed by atoms with E-state index in [-0.39, 0.29) is 6.10 Å². The van der Waals surface area contributed by atoms with Crippen molar-refractivity contribution in [3.63, 3.8) is 0 Å². The molecule has 0 aliphatic heterocycles. The van der Waals surface area contributed by atoms with Crippen LogP contribution in [-0.2, 0) is 4.84 Å². The van der Waals surface area contributed by atoms with Crippen molar-refractivity contribution in [1.82, 2.24) is 0 Å². The molecule has 0 fully saturated rings. The predicted octanol–water partition coefficient (Wildman–Crippen LogP) is 0.0316. The molecule has 2 N–H and O–H groups in total. The number of hydrogen-bond donors (Lipinski definition) is 1. The van der Waals surface area contributed by atoms with Crippen LogP contribution in [-0.4, -0.2) is 12.6 Å². The Morgan fingerprint density at radius 2 is 2.57 bits per heavy atom. The molecule has 0 aliphatic carbocycles. The molecule has 0 aromatic rings. The van der Waals surface area contributed by atoms with Crippen molar-refractivity contribution in [3.05, 3.63) is 4.91 Å². The van der Waals surface area contributed by atoms with E-state index in [9.17, 15) is 4.91 Å². The molecule has 1 unspecified atom stereocenters. The first kappa shape index (κ1) is 6.36. The molecule has 0 amide bonds. The normalized spacial score (nSPS) is 12.9. The third-order valence-electron chi connectivity index (χ3n) is 0.555. The first-order chi connectivity index (χ1) is 3.31. The van der Waals surface area contributed by atoms with Crippen LogP contribution in [0.2, 0.25) is 0 Å². The van der Waals surface area contributed by atoms with Gasteiger partial charge in [-0.25, -0.2) is 0 Å². The van der Waals surface area contributed by atoms with Crippen LogP contribution in [0.4, 0.5) is 0 Å². The molecule has 4 heteroatoms. The SMILES string of the molecule is CC(CN)ON=O. The van der Waals surface area contributed by atoms with Gasteiger partial charge in [0.1, 0.15) is 6.10 Å². The molecule has 0 rings (SSSR count). The molecule has 0 saturated carbocycles. The highest BCUT2D eigenvalue weighted by molar-refractivity contribution is 4.44. The molecule has 0 aromatic heterocycles. The van der Waals surface area contributed by atoms with Gasteiger partial charge < -0.3 is 10.6 Å². The van der Waals surface area contributed by atoms with Gasteiger partial charge in [-0.15, -0.1) is 4.91 Å². The lowest BCUT2D eigenvalue weighted by Gasteiger charge is -1.99. The smallest absolute Gasteiger partial charge is 0.155 e. The molecule has 4 nitrogen and oxygen atoms in total. The summed E-state index contributed by atoms with van der Waals surface area (Å²) in [7, 11) is 0. The van der Waals surface area contributed by atoms with Crippen molar-refractivity contribution < 1.29 is 4.84 Å². The Morgan fingerprint density at radius 3 is 2.71 bits per heavy atom. The first-order valence-electron chi connectivity index (χ1n) is 1.99. The van der Waals surface area contributed by atoms with Crippen LogP contribution in [0.15, 0.2) is 5.34 Å². The molecule has 0 aromatic carbocycles. The van der Waals surface area contributed by atoms with E-state index in [0.717, 1.165) is 0 Å². The minimum atomic E-state index is -0.252. The molecule has 0 bridgehead atoms. The molecule has 42 valence electrons. The van der Waals surface area contributed by atoms with Crippen molar-refractivity contribution in [3.8, 4) is 0 Å². The van der Waals surface area contributed by atoms with E-state index in [1.165, 1.54) is 0 Å². The second-order valence-corrected chi connectivity index (χ2v) is 1.23. The largest absolute Gasteiger partial charge is 0.360 e. The fourth-order valence-corrected chi connectivity index (χ4v) is 0.116. The molecule has 0 radical (unpaired) electrons. The average Bonchev–Trinajstić information content (AvgIpc) is 1.68. The Bertz CT molecular complexity index is 56.9. The fourth-order valence-electron chi connectivity index (χ4n) is 0.116. The van der Waals surface area contributed by atoms with Crippen LogP contribution in [0, 0.1) is 4.91 Å². The topological polar surface area (TPSA) is 64.7 Å². The monoisotopic (exact) mass is 104 g/mol. The van der Waals surface area contributed by atoms with Crippen LogP contribution in [0.25, 0.3) is 0 Å². The van der Waals surface area contributed by atoms with E-state index in [2.05, 4.69) is 10.2 Å². The highest BCUT2D eigenvalue weighted by atomic mass is 16.7. The minimum Gasteiger partial charge on any atom is -0.360 e. The summed E-state index contributed by atoms with van der Waals surface area (Å²) in [4.78, 5) is 13.4. The quantitative estimate of drug-likeness (QED) is 0.406. The summed E-state index contributed by atoms with van der Waals surface area (Å²) >= 11 is 0. The van der Waals surface area contributed by atoms with Crippen molar-refractivity contribution >= 4 is 0 Å². The van der Waals surface area contributed by atoms with Gasteiger partial charge in [0.25, 0.3) is 0 Å². The lowest BCUT2D eigenvalue weighted by atomic mass is 10.4. The van der Waals surface area contributed by atoms with Crippen molar-refractivity contribution in [2.75, 3.05) is 6.54 Å². The summed E-state index contributed by atoms with van der Waals surface area (Å²) in [5.41, 5.74) is 5.03. The van der Waals surface area contributed by atoms with E-state index in [1.807, 2.05) is 0 Å². The number of nitrogens with two attached hydrogens (primary N) is 1. The van der Waals surface area contributed by atoms with Crippen LogP contribution in [0.3, 0.4) is 0 Å². The Kier molecular flexibility index (Phi) is 3.22. The third-order valence-corrected chi connectivity index (χ3v) is 0.555. The van der Waals surface area contributed by atoms with E-state index < -0.39 is 0 Å². The van der Waals surface area contributed by atoms with Crippen LogP contribution in [0.1, 0.15) is 6.92 Å². The Hall–Kier alpha value is -0.640. The number of rotatable bonds is 3. The summed E-state index contributed by atoms with van der Waals surface area (Å²) in [6.07, 6.45) is -0.252.